The highest BCUT2D eigenvalue weighted by Crippen LogP contribution is 2.55. The number of nitrogens with one attached hydrogen (secondary N) is 1. The molecular formula is C17H18BrF2NO2. The van der Waals surface area contributed by atoms with Crippen molar-refractivity contribution in [3.05, 3.63) is 33.8 Å². The minimum absolute atomic E-state index is 0.0956. The van der Waals surface area contributed by atoms with E-state index < -0.39 is 28.7 Å². The van der Waals surface area contributed by atoms with Crippen molar-refractivity contribution in [2.75, 3.05) is 0 Å². The van der Waals surface area contributed by atoms with Crippen molar-refractivity contribution in [1.82, 2.24) is 5.32 Å². The van der Waals surface area contributed by atoms with Crippen molar-refractivity contribution in [3.63, 3.8) is 0 Å². The number of halogens is 3. The van der Waals surface area contributed by atoms with Gasteiger partial charge in [0.05, 0.1) is 5.60 Å². The van der Waals surface area contributed by atoms with Crippen molar-refractivity contribution in [2.24, 2.45) is 17.8 Å². The molecule has 0 aromatic heterocycles. The predicted molar refractivity (Wildman–Crippen MR) is 83.8 cm³/mol. The molecule has 2 atom stereocenters. The third-order valence-electron chi connectivity index (χ3n) is 5.77. The van der Waals surface area contributed by atoms with Crippen LogP contribution in [0.2, 0.25) is 0 Å². The molecular weight excluding hydrogens is 368 g/mol. The molecule has 0 radical (unpaired) electrons. The maximum absolute atomic E-state index is 14.0. The molecule has 4 saturated carbocycles. The van der Waals surface area contributed by atoms with Crippen LogP contribution in [-0.4, -0.2) is 22.7 Å². The highest BCUT2D eigenvalue weighted by Gasteiger charge is 2.55. The molecule has 5 rings (SSSR count). The summed E-state index contributed by atoms with van der Waals surface area (Å²) in [5.74, 6) is -1.49. The van der Waals surface area contributed by atoms with Crippen LogP contribution in [0.4, 0.5) is 8.78 Å². The minimum Gasteiger partial charge on any atom is -0.390 e. The van der Waals surface area contributed by atoms with Crippen molar-refractivity contribution in [3.8, 4) is 0 Å². The molecule has 0 spiro atoms. The summed E-state index contributed by atoms with van der Waals surface area (Å²) in [5.41, 5.74) is -1.12. The van der Waals surface area contributed by atoms with Gasteiger partial charge >= 0.3 is 0 Å². The fourth-order valence-corrected chi connectivity index (χ4v) is 5.60. The molecule has 1 amide bonds. The Labute approximate surface area is 141 Å². The highest BCUT2D eigenvalue weighted by atomic mass is 79.9. The van der Waals surface area contributed by atoms with Crippen LogP contribution >= 0.6 is 15.9 Å². The molecule has 4 fully saturated rings. The molecule has 6 heteroatoms. The number of hydrogen-bond donors (Lipinski definition) is 2. The summed E-state index contributed by atoms with van der Waals surface area (Å²) >= 11 is 3.01. The zero-order chi connectivity index (χ0) is 16.4. The molecule has 3 nitrogen and oxygen atoms in total. The van der Waals surface area contributed by atoms with Crippen LogP contribution in [0.15, 0.2) is 16.6 Å². The highest BCUT2D eigenvalue weighted by molar-refractivity contribution is 9.10. The molecule has 23 heavy (non-hydrogen) atoms. The van der Waals surface area contributed by atoms with Gasteiger partial charge in [-0.15, -0.1) is 0 Å². The van der Waals surface area contributed by atoms with Crippen molar-refractivity contribution < 1.29 is 18.7 Å². The van der Waals surface area contributed by atoms with Gasteiger partial charge < -0.3 is 10.4 Å². The van der Waals surface area contributed by atoms with Gasteiger partial charge in [-0.2, -0.15) is 0 Å². The summed E-state index contributed by atoms with van der Waals surface area (Å²) < 4.78 is 28.2. The average molecular weight is 386 g/mol. The second-order valence-electron chi connectivity index (χ2n) is 7.44. The number of carbonyl (C=O) groups is 1. The number of aliphatic hydroxyl groups is 1. The summed E-state index contributed by atoms with van der Waals surface area (Å²) in [6.45, 7) is 0. The van der Waals surface area contributed by atoms with Gasteiger partial charge in [0.1, 0.15) is 17.2 Å². The van der Waals surface area contributed by atoms with Gasteiger partial charge in [0, 0.05) is 10.5 Å². The van der Waals surface area contributed by atoms with Crippen molar-refractivity contribution in [1.29, 1.82) is 0 Å². The first-order valence-electron chi connectivity index (χ1n) is 8.02. The molecule has 0 heterocycles. The first kappa shape index (κ1) is 15.5. The summed E-state index contributed by atoms with van der Waals surface area (Å²) in [5, 5.41) is 13.4. The second-order valence-corrected chi connectivity index (χ2v) is 8.35. The van der Waals surface area contributed by atoms with E-state index in [0.29, 0.717) is 18.8 Å². The van der Waals surface area contributed by atoms with Gasteiger partial charge in [0.25, 0.3) is 5.91 Å². The van der Waals surface area contributed by atoms with Gasteiger partial charge in [-0.25, -0.2) is 8.78 Å². The molecule has 0 aliphatic heterocycles. The number of benzene rings is 1. The molecule has 4 aliphatic rings. The van der Waals surface area contributed by atoms with E-state index in [1.54, 1.807) is 0 Å². The Morgan fingerprint density at radius 3 is 2.26 bits per heavy atom. The monoisotopic (exact) mass is 385 g/mol. The summed E-state index contributed by atoms with van der Waals surface area (Å²) in [4.78, 5) is 12.4. The fourth-order valence-electron chi connectivity index (χ4n) is 5.20. The molecule has 124 valence electrons. The Morgan fingerprint density at radius 1 is 1.17 bits per heavy atom. The van der Waals surface area contributed by atoms with E-state index in [1.165, 1.54) is 0 Å². The van der Waals surface area contributed by atoms with Crippen LogP contribution < -0.4 is 5.32 Å². The maximum Gasteiger partial charge on any atom is 0.257 e. The molecule has 2 N–H and O–H groups in total. The Morgan fingerprint density at radius 2 is 1.74 bits per heavy atom. The Balaban J connectivity index is 1.56. The van der Waals surface area contributed by atoms with Gasteiger partial charge in [-0.3, -0.25) is 4.79 Å². The first-order chi connectivity index (χ1) is 10.8. The van der Waals surface area contributed by atoms with Crippen molar-refractivity contribution >= 4 is 21.8 Å². The lowest BCUT2D eigenvalue weighted by atomic mass is 9.52. The van der Waals surface area contributed by atoms with E-state index in [-0.39, 0.29) is 22.4 Å². The topological polar surface area (TPSA) is 49.3 Å². The summed E-state index contributed by atoms with van der Waals surface area (Å²) in [6, 6.07) is 2.09. The normalized spacial score (nSPS) is 37.9. The molecule has 1 aromatic rings. The van der Waals surface area contributed by atoms with E-state index in [1.807, 2.05) is 0 Å². The van der Waals surface area contributed by atoms with Crippen LogP contribution in [0.5, 0.6) is 0 Å². The third-order valence-corrected chi connectivity index (χ3v) is 6.23. The Kier molecular flexibility index (Phi) is 3.54. The fraction of sp³-hybridized carbons (Fsp3) is 0.588. The van der Waals surface area contributed by atoms with Crippen LogP contribution in [0, 0.1) is 29.4 Å². The maximum atomic E-state index is 14.0. The Bertz CT molecular complexity index is 642. The minimum atomic E-state index is -0.864. The summed E-state index contributed by atoms with van der Waals surface area (Å²) in [6.07, 6.45) is 4.17. The van der Waals surface area contributed by atoms with E-state index >= 15 is 0 Å². The predicted octanol–water partition coefficient (Wildman–Crippen LogP) is 3.40. The zero-order valence-corrected chi connectivity index (χ0v) is 14.1. The van der Waals surface area contributed by atoms with E-state index in [2.05, 4.69) is 21.2 Å². The number of rotatable bonds is 2. The van der Waals surface area contributed by atoms with Crippen LogP contribution in [-0.2, 0) is 0 Å². The van der Waals surface area contributed by atoms with Gasteiger partial charge in [-0.05, 0) is 62.0 Å². The first-order valence-corrected chi connectivity index (χ1v) is 8.82. The quantitative estimate of drug-likeness (QED) is 0.819. The largest absolute Gasteiger partial charge is 0.390 e. The third kappa shape index (κ3) is 2.60. The molecule has 0 saturated heterocycles. The van der Waals surface area contributed by atoms with Crippen LogP contribution in [0.25, 0.3) is 0 Å². The van der Waals surface area contributed by atoms with Crippen molar-refractivity contribution in [2.45, 2.75) is 43.7 Å². The van der Waals surface area contributed by atoms with Crippen LogP contribution in [0.3, 0.4) is 0 Å². The van der Waals surface area contributed by atoms with E-state index in [9.17, 15) is 18.7 Å². The van der Waals surface area contributed by atoms with E-state index in [4.69, 9.17) is 0 Å². The number of hydrogen-bond acceptors (Lipinski definition) is 2. The Hall–Kier alpha value is -1.01. The lowest BCUT2D eigenvalue weighted by molar-refractivity contribution is -0.137. The van der Waals surface area contributed by atoms with Gasteiger partial charge in [0.15, 0.2) is 0 Å². The number of amides is 1. The zero-order valence-electron chi connectivity index (χ0n) is 12.5. The summed E-state index contributed by atoms with van der Waals surface area (Å²) in [7, 11) is 0. The molecule has 2 unspecified atom stereocenters. The SMILES string of the molecule is O=C(NC1C2CC3CC1CC(O)(C3)C2)c1c(F)cc(Br)cc1F. The van der Waals surface area contributed by atoms with E-state index in [0.717, 1.165) is 31.4 Å². The molecule has 4 aliphatic carbocycles. The molecule has 1 aromatic carbocycles. The lowest BCUT2D eigenvalue weighted by Crippen LogP contribution is -2.61. The standard InChI is InChI=1S/C17H18BrF2NO2/c18-11-3-12(19)14(13(20)4-11)16(22)21-15-9-1-8-2-10(15)7-17(23,5-8)6-9/h3-4,8-10,15,23H,1-2,5-7H2,(H,21,22). The number of carbonyl (C=O) groups excluding carboxylic acids is 1. The van der Waals surface area contributed by atoms with Gasteiger partial charge in [-0.1, -0.05) is 15.9 Å². The van der Waals surface area contributed by atoms with Crippen LogP contribution in [0.1, 0.15) is 42.5 Å². The average Bonchev–Trinajstić information content (AvgIpc) is 2.39. The smallest absolute Gasteiger partial charge is 0.257 e. The lowest BCUT2D eigenvalue weighted by Gasteiger charge is -2.58. The second kappa shape index (κ2) is 5.24. The van der Waals surface area contributed by atoms with Gasteiger partial charge in [0.2, 0.25) is 0 Å². The molecule has 4 bridgehead atoms.